The standard InChI is InChI=1S/C29H22N2O5/c1-17-11-13-19(14-12-17)29(35)24(23-26(33)20-9-5-6-10-21(20)36-28(23)34)22(27-30-15-16-31(27)29)25(32)18-7-3-2-4-8-18/h2-14,30,35H,15-16H2,1H3/b24-23+. The molecule has 6 rings (SSSR count). The summed E-state index contributed by atoms with van der Waals surface area (Å²) in [6.45, 7) is 2.77. The Balaban J connectivity index is 1.67. The lowest BCUT2D eigenvalue weighted by Gasteiger charge is -2.36. The van der Waals surface area contributed by atoms with E-state index in [1.165, 1.54) is 0 Å². The number of carbonyl (C=O) groups excluding carboxylic acids is 3. The first kappa shape index (κ1) is 22.0. The van der Waals surface area contributed by atoms with Gasteiger partial charge in [-0.3, -0.25) is 9.59 Å². The van der Waals surface area contributed by atoms with E-state index in [-0.39, 0.29) is 28.0 Å². The SMILES string of the molecule is Cc1ccc(C2(O)/C(=C3/C(=O)Oc4ccccc4C3=O)C(C(=O)c3ccccc3)=C3NCCN32)cc1. The van der Waals surface area contributed by atoms with Crippen molar-refractivity contribution in [2.24, 2.45) is 0 Å². The van der Waals surface area contributed by atoms with E-state index in [4.69, 9.17) is 4.74 Å². The van der Waals surface area contributed by atoms with Gasteiger partial charge in [-0.05, 0) is 19.1 Å². The van der Waals surface area contributed by atoms with Crippen molar-refractivity contribution in [1.82, 2.24) is 10.2 Å². The molecule has 3 aromatic carbocycles. The van der Waals surface area contributed by atoms with Crippen molar-refractivity contribution in [2.45, 2.75) is 12.6 Å². The molecule has 0 spiro atoms. The zero-order valence-corrected chi connectivity index (χ0v) is 19.4. The summed E-state index contributed by atoms with van der Waals surface area (Å²) in [6.07, 6.45) is 0. The molecule has 0 aromatic heterocycles. The van der Waals surface area contributed by atoms with Crippen LogP contribution in [0.15, 0.2) is 101 Å². The number of aliphatic hydroxyl groups is 1. The van der Waals surface area contributed by atoms with E-state index in [0.717, 1.165) is 5.56 Å². The lowest BCUT2D eigenvalue weighted by atomic mass is 9.82. The molecule has 0 bridgehead atoms. The minimum absolute atomic E-state index is 0.0630. The lowest BCUT2D eigenvalue weighted by Crippen LogP contribution is -2.44. The predicted octanol–water partition coefficient (Wildman–Crippen LogP) is 3.25. The molecule has 36 heavy (non-hydrogen) atoms. The first-order valence-corrected chi connectivity index (χ1v) is 11.7. The molecule has 0 radical (unpaired) electrons. The Kier molecular flexibility index (Phi) is 4.91. The van der Waals surface area contributed by atoms with Crippen molar-refractivity contribution in [1.29, 1.82) is 0 Å². The van der Waals surface area contributed by atoms with Crippen molar-refractivity contribution in [3.05, 3.63) is 124 Å². The molecule has 3 aromatic rings. The maximum absolute atomic E-state index is 13.9. The number of carbonyl (C=O) groups is 3. The highest BCUT2D eigenvalue weighted by Crippen LogP contribution is 2.50. The quantitative estimate of drug-likeness (QED) is 0.196. The maximum Gasteiger partial charge on any atom is 0.348 e. The minimum Gasteiger partial charge on any atom is -0.422 e. The fourth-order valence-corrected chi connectivity index (χ4v) is 5.15. The average Bonchev–Trinajstić information content (AvgIpc) is 3.46. The zero-order valence-electron chi connectivity index (χ0n) is 19.4. The number of nitrogens with zero attached hydrogens (tertiary/aromatic N) is 1. The molecule has 3 aliphatic heterocycles. The summed E-state index contributed by atoms with van der Waals surface area (Å²) in [6, 6.07) is 22.2. The van der Waals surface area contributed by atoms with Crippen molar-refractivity contribution in [3.8, 4) is 5.75 Å². The monoisotopic (exact) mass is 478 g/mol. The molecule has 1 saturated heterocycles. The van der Waals surface area contributed by atoms with Gasteiger partial charge in [0.15, 0.2) is 11.5 Å². The van der Waals surface area contributed by atoms with E-state index in [1.807, 2.05) is 19.1 Å². The molecule has 178 valence electrons. The Bertz CT molecular complexity index is 1500. The minimum atomic E-state index is -1.94. The molecule has 0 amide bonds. The van der Waals surface area contributed by atoms with Crippen LogP contribution in [0.4, 0.5) is 0 Å². The van der Waals surface area contributed by atoms with E-state index in [9.17, 15) is 19.5 Å². The Hall–Kier alpha value is -4.49. The van der Waals surface area contributed by atoms with Gasteiger partial charge in [-0.1, -0.05) is 72.3 Å². The van der Waals surface area contributed by atoms with Crippen LogP contribution in [0.2, 0.25) is 0 Å². The Labute approximate surface area is 207 Å². The van der Waals surface area contributed by atoms with Crippen LogP contribution < -0.4 is 10.1 Å². The van der Waals surface area contributed by atoms with Gasteiger partial charge >= 0.3 is 5.97 Å². The molecule has 3 heterocycles. The van der Waals surface area contributed by atoms with Gasteiger partial charge in [0.2, 0.25) is 5.78 Å². The molecule has 3 aliphatic rings. The largest absolute Gasteiger partial charge is 0.422 e. The third kappa shape index (κ3) is 3.06. The van der Waals surface area contributed by atoms with Crippen LogP contribution in [0, 0.1) is 6.92 Å². The van der Waals surface area contributed by atoms with Gasteiger partial charge in [0.05, 0.1) is 11.1 Å². The number of ketones is 2. The van der Waals surface area contributed by atoms with Crippen molar-refractivity contribution >= 4 is 17.5 Å². The summed E-state index contributed by atoms with van der Waals surface area (Å²) >= 11 is 0. The van der Waals surface area contributed by atoms with E-state index in [0.29, 0.717) is 30.0 Å². The summed E-state index contributed by atoms with van der Waals surface area (Å²) in [5, 5.41) is 15.7. The Morgan fingerprint density at radius 2 is 1.67 bits per heavy atom. The summed E-state index contributed by atoms with van der Waals surface area (Å²) in [5.41, 5.74) is -0.285. The van der Waals surface area contributed by atoms with Gasteiger partial charge in [0.25, 0.3) is 0 Å². The number of fused-ring (bicyclic) bond motifs is 2. The highest BCUT2D eigenvalue weighted by molar-refractivity contribution is 6.30. The second-order valence-corrected chi connectivity index (χ2v) is 9.00. The van der Waals surface area contributed by atoms with Gasteiger partial charge in [-0.25, -0.2) is 4.79 Å². The second kappa shape index (κ2) is 8.03. The predicted molar refractivity (Wildman–Crippen MR) is 131 cm³/mol. The van der Waals surface area contributed by atoms with Crippen LogP contribution >= 0.6 is 0 Å². The summed E-state index contributed by atoms with van der Waals surface area (Å²) in [5.74, 6) is -1.37. The second-order valence-electron chi connectivity index (χ2n) is 9.00. The normalized spacial score (nSPS) is 22.8. The molecule has 1 atom stereocenters. The van der Waals surface area contributed by atoms with Crippen LogP contribution in [0.3, 0.4) is 0 Å². The average molecular weight is 479 g/mol. The first-order valence-electron chi connectivity index (χ1n) is 11.7. The number of hydrogen-bond acceptors (Lipinski definition) is 7. The number of ether oxygens (including phenoxy) is 1. The highest BCUT2D eigenvalue weighted by atomic mass is 16.5. The zero-order chi connectivity index (χ0) is 25.0. The van der Waals surface area contributed by atoms with Gasteiger partial charge in [0, 0.05) is 29.8 Å². The van der Waals surface area contributed by atoms with Crippen LogP contribution in [0.1, 0.15) is 31.8 Å². The number of Topliss-reactive ketones (excluding diaryl/α,β-unsaturated/α-hetero) is 2. The van der Waals surface area contributed by atoms with Crippen LogP contribution in [-0.4, -0.2) is 40.6 Å². The lowest BCUT2D eigenvalue weighted by molar-refractivity contribution is -0.130. The fourth-order valence-electron chi connectivity index (χ4n) is 5.15. The van der Waals surface area contributed by atoms with Gasteiger partial charge in [-0.15, -0.1) is 0 Å². The third-order valence-electron chi connectivity index (χ3n) is 6.86. The molecule has 7 nitrogen and oxygen atoms in total. The molecule has 0 saturated carbocycles. The molecule has 0 aliphatic carbocycles. The highest BCUT2D eigenvalue weighted by Gasteiger charge is 2.56. The van der Waals surface area contributed by atoms with E-state index in [1.54, 1.807) is 71.6 Å². The number of benzene rings is 3. The Morgan fingerprint density at radius 3 is 2.42 bits per heavy atom. The summed E-state index contributed by atoms with van der Waals surface area (Å²) < 4.78 is 5.53. The van der Waals surface area contributed by atoms with E-state index < -0.39 is 23.3 Å². The van der Waals surface area contributed by atoms with Crippen molar-refractivity contribution in [2.75, 3.05) is 13.1 Å². The van der Waals surface area contributed by atoms with E-state index in [2.05, 4.69) is 5.32 Å². The molecular weight excluding hydrogens is 456 g/mol. The Morgan fingerprint density at radius 1 is 0.972 bits per heavy atom. The number of aryl methyl sites for hydroxylation is 1. The molecule has 1 unspecified atom stereocenters. The fraction of sp³-hybridized carbons (Fsp3) is 0.138. The summed E-state index contributed by atoms with van der Waals surface area (Å²) in [7, 11) is 0. The van der Waals surface area contributed by atoms with Crippen LogP contribution in [0.5, 0.6) is 5.75 Å². The number of nitrogens with one attached hydrogen (secondary N) is 1. The molecule has 1 fully saturated rings. The summed E-state index contributed by atoms with van der Waals surface area (Å²) in [4.78, 5) is 42.7. The number of rotatable bonds is 3. The van der Waals surface area contributed by atoms with Crippen molar-refractivity contribution < 1.29 is 24.2 Å². The van der Waals surface area contributed by atoms with E-state index >= 15 is 0 Å². The number of esters is 1. The van der Waals surface area contributed by atoms with Gasteiger partial charge in [0.1, 0.15) is 17.1 Å². The third-order valence-corrected chi connectivity index (χ3v) is 6.86. The topological polar surface area (TPSA) is 95.9 Å². The van der Waals surface area contributed by atoms with Crippen LogP contribution in [0.25, 0.3) is 0 Å². The maximum atomic E-state index is 13.9. The molecular formula is C29H22N2O5. The van der Waals surface area contributed by atoms with Gasteiger partial charge < -0.3 is 20.1 Å². The smallest absolute Gasteiger partial charge is 0.348 e. The molecule has 2 N–H and O–H groups in total. The van der Waals surface area contributed by atoms with Crippen LogP contribution in [-0.2, 0) is 10.5 Å². The molecule has 7 heteroatoms. The number of para-hydroxylation sites is 1. The first-order chi connectivity index (χ1) is 17.4. The van der Waals surface area contributed by atoms with Gasteiger partial charge in [-0.2, -0.15) is 0 Å². The van der Waals surface area contributed by atoms with Crippen molar-refractivity contribution in [3.63, 3.8) is 0 Å². The number of hydrogen-bond donors (Lipinski definition) is 2.